The third-order valence-electron chi connectivity index (χ3n) is 4.60. The van der Waals surface area contributed by atoms with Gasteiger partial charge in [-0.05, 0) is 73.2 Å². The molecule has 0 radical (unpaired) electrons. The summed E-state index contributed by atoms with van der Waals surface area (Å²) >= 11 is 0. The summed E-state index contributed by atoms with van der Waals surface area (Å²) in [5.74, 6) is 0.472. The monoisotopic (exact) mass is 448 g/mol. The molecule has 3 aromatic carbocycles. The molecule has 2 amide bonds. The molecule has 0 fully saturated rings. The van der Waals surface area contributed by atoms with Crippen LogP contribution < -0.4 is 20.1 Å². The molecule has 33 heavy (non-hydrogen) atoms. The first kappa shape index (κ1) is 23.3. The van der Waals surface area contributed by atoms with Gasteiger partial charge in [0.2, 0.25) is 0 Å². The Hall–Kier alpha value is -4.33. The average molecular weight is 448 g/mol. The number of rotatable bonds is 8. The van der Waals surface area contributed by atoms with Crippen molar-refractivity contribution in [2.75, 3.05) is 19.0 Å². The Kier molecular flexibility index (Phi) is 8.02. The summed E-state index contributed by atoms with van der Waals surface area (Å²) in [7, 11) is 1.57. The number of benzene rings is 3. The fourth-order valence-corrected chi connectivity index (χ4v) is 2.85. The minimum absolute atomic E-state index is 0.218. The smallest absolute Gasteiger partial charge is 0.497 e. The summed E-state index contributed by atoms with van der Waals surface area (Å²) in [6, 6.07) is 20.2. The number of hydrogen-bond donors (Lipinski definition) is 2. The van der Waals surface area contributed by atoms with Crippen molar-refractivity contribution < 1.29 is 28.6 Å². The number of ether oxygens (including phenoxy) is 3. The molecule has 8 nitrogen and oxygen atoms in total. The normalized spacial score (nSPS) is 10.1. The van der Waals surface area contributed by atoms with Crippen LogP contribution in [0, 0.1) is 0 Å². The lowest BCUT2D eigenvalue weighted by molar-refractivity contribution is 0.0950. The largest absolute Gasteiger partial charge is 0.513 e. The first-order valence-corrected chi connectivity index (χ1v) is 10.3. The van der Waals surface area contributed by atoms with Gasteiger partial charge in [-0.3, -0.25) is 9.59 Å². The average Bonchev–Trinajstić information content (AvgIpc) is 2.84. The van der Waals surface area contributed by atoms with E-state index in [1.54, 1.807) is 62.6 Å². The van der Waals surface area contributed by atoms with Crippen LogP contribution in [0.25, 0.3) is 0 Å². The van der Waals surface area contributed by atoms with Crippen LogP contribution in [-0.4, -0.2) is 31.7 Å². The lowest BCUT2D eigenvalue weighted by Crippen LogP contribution is -2.22. The zero-order valence-electron chi connectivity index (χ0n) is 18.3. The van der Waals surface area contributed by atoms with Gasteiger partial charge in [0.15, 0.2) is 0 Å². The molecule has 0 saturated heterocycles. The summed E-state index contributed by atoms with van der Waals surface area (Å²) in [4.78, 5) is 36.0. The van der Waals surface area contributed by atoms with Crippen molar-refractivity contribution >= 4 is 23.7 Å². The molecule has 2 N–H and O–H groups in total. The van der Waals surface area contributed by atoms with E-state index in [0.717, 1.165) is 5.56 Å². The molecule has 0 aliphatic rings. The summed E-state index contributed by atoms with van der Waals surface area (Å²) in [6.07, 6.45) is -0.793. The van der Waals surface area contributed by atoms with Crippen LogP contribution in [0.4, 0.5) is 10.5 Å². The van der Waals surface area contributed by atoms with Gasteiger partial charge in [0.1, 0.15) is 11.5 Å². The molecular weight excluding hydrogens is 424 g/mol. The van der Waals surface area contributed by atoms with E-state index < -0.39 is 6.16 Å². The fraction of sp³-hybridized carbons (Fsp3) is 0.160. The Labute approximate surface area is 191 Å². The summed E-state index contributed by atoms with van der Waals surface area (Å²) in [6.45, 7) is 2.21. The second-order valence-electron chi connectivity index (χ2n) is 6.87. The number of carbonyl (C=O) groups is 3. The van der Waals surface area contributed by atoms with E-state index in [1.165, 1.54) is 12.1 Å². The molecule has 8 heteroatoms. The number of amides is 2. The molecular formula is C25H24N2O6. The van der Waals surface area contributed by atoms with Gasteiger partial charge in [-0.15, -0.1) is 0 Å². The fourth-order valence-electron chi connectivity index (χ4n) is 2.85. The maximum absolute atomic E-state index is 12.4. The Morgan fingerprint density at radius 1 is 0.758 bits per heavy atom. The van der Waals surface area contributed by atoms with Gasteiger partial charge in [0.25, 0.3) is 11.8 Å². The highest BCUT2D eigenvalue weighted by molar-refractivity contribution is 6.04. The zero-order valence-corrected chi connectivity index (χ0v) is 18.3. The highest BCUT2D eigenvalue weighted by atomic mass is 16.7. The molecule has 0 saturated carbocycles. The predicted octanol–water partition coefficient (Wildman–Crippen LogP) is 4.41. The van der Waals surface area contributed by atoms with E-state index >= 15 is 0 Å². The molecule has 0 spiro atoms. The number of hydrogen-bond acceptors (Lipinski definition) is 6. The molecule has 0 aliphatic carbocycles. The van der Waals surface area contributed by atoms with Gasteiger partial charge >= 0.3 is 6.16 Å². The minimum atomic E-state index is -0.793. The van der Waals surface area contributed by atoms with Gasteiger partial charge < -0.3 is 24.8 Å². The summed E-state index contributed by atoms with van der Waals surface area (Å²) in [5.41, 5.74) is 2.46. The predicted molar refractivity (Wildman–Crippen MR) is 123 cm³/mol. The SMILES string of the molecule is CCOC(=O)Oc1ccc(C(=O)NCc2ccc(NC(=O)c3ccc(OC)cc3)cc2)cc1. The summed E-state index contributed by atoms with van der Waals surface area (Å²) in [5, 5.41) is 5.65. The minimum Gasteiger partial charge on any atom is -0.497 e. The Morgan fingerprint density at radius 2 is 1.33 bits per heavy atom. The molecule has 0 bridgehead atoms. The van der Waals surface area contributed by atoms with Gasteiger partial charge in [-0.25, -0.2) is 4.79 Å². The molecule has 0 heterocycles. The molecule has 0 aliphatic heterocycles. The van der Waals surface area contributed by atoms with Crippen LogP contribution in [0.2, 0.25) is 0 Å². The number of anilines is 1. The molecule has 0 atom stereocenters. The Morgan fingerprint density at radius 3 is 1.91 bits per heavy atom. The highest BCUT2D eigenvalue weighted by Gasteiger charge is 2.09. The van der Waals surface area contributed by atoms with Gasteiger partial charge in [-0.2, -0.15) is 0 Å². The number of carbonyl (C=O) groups excluding carboxylic acids is 3. The van der Waals surface area contributed by atoms with Crippen LogP contribution in [0.15, 0.2) is 72.8 Å². The van der Waals surface area contributed by atoms with E-state index in [0.29, 0.717) is 29.1 Å². The number of nitrogens with one attached hydrogen (secondary N) is 2. The van der Waals surface area contributed by atoms with Crippen molar-refractivity contribution in [3.63, 3.8) is 0 Å². The van der Waals surface area contributed by atoms with Crippen molar-refractivity contribution in [1.82, 2.24) is 5.32 Å². The van der Waals surface area contributed by atoms with E-state index in [9.17, 15) is 14.4 Å². The third kappa shape index (κ3) is 6.83. The van der Waals surface area contributed by atoms with E-state index in [1.807, 2.05) is 12.1 Å². The zero-order chi connectivity index (χ0) is 23.6. The van der Waals surface area contributed by atoms with Gasteiger partial charge in [-0.1, -0.05) is 12.1 Å². The topological polar surface area (TPSA) is 103 Å². The van der Waals surface area contributed by atoms with Crippen molar-refractivity contribution in [2.24, 2.45) is 0 Å². The first-order valence-electron chi connectivity index (χ1n) is 10.3. The Bertz CT molecular complexity index is 1090. The third-order valence-corrected chi connectivity index (χ3v) is 4.60. The van der Waals surface area contributed by atoms with Crippen LogP contribution in [0.3, 0.4) is 0 Å². The van der Waals surface area contributed by atoms with Gasteiger partial charge in [0.05, 0.1) is 13.7 Å². The van der Waals surface area contributed by atoms with E-state index in [-0.39, 0.29) is 24.2 Å². The highest BCUT2D eigenvalue weighted by Crippen LogP contribution is 2.16. The van der Waals surface area contributed by atoms with Gasteiger partial charge in [0, 0.05) is 23.4 Å². The molecule has 3 rings (SSSR count). The molecule has 170 valence electrons. The maximum atomic E-state index is 12.4. The van der Waals surface area contributed by atoms with Crippen LogP contribution in [0.5, 0.6) is 11.5 Å². The lowest BCUT2D eigenvalue weighted by Gasteiger charge is -2.09. The lowest BCUT2D eigenvalue weighted by atomic mass is 10.1. The van der Waals surface area contributed by atoms with Crippen LogP contribution in [0.1, 0.15) is 33.2 Å². The van der Waals surface area contributed by atoms with E-state index in [2.05, 4.69) is 10.6 Å². The van der Waals surface area contributed by atoms with Crippen molar-refractivity contribution in [3.05, 3.63) is 89.5 Å². The molecule has 0 unspecified atom stereocenters. The quantitative estimate of drug-likeness (QED) is 0.391. The molecule has 0 aromatic heterocycles. The maximum Gasteiger partial charge on any atom is 0.513 e. The second-order valence-corrected chi connectivity index (χ2v) is 6.87. The standard InChI is InChI=1S/C25H24N2O6/c1-3-32-25(30)33-22-14-8-18(9-15-22)23(28)26-16-17-4-10-20(11-5-17)27-24(29)19-6-12-21(31-2)13-7-19/h4-15H,3,16H2,1-2H3,(H,26,28)(H,27,29). The summed E-state index contributed by atoms with van der Waals surface area (Å²) < 4.78 is 14.8. The molecule has 3 aromatic rings. The Balaban J connectivity index is 1.49. The second kappa shape index (κ2) is 11.3. The van der Waals surface area contributed by atoms with E-state index in [4.69, 9.17) is 14.2 Å². The number of methoxy groups -OCH3 is 1. The van der Waals surface area contributed by atoms with Crippen LogP contribution in [-0.2, 0) is 11.3 Å². The van der Waals surface area contributed by atoms with Crippen molar-refractivity contribution in [1.29, 1.82) is 0 Å². The van der Waals surface area contributed by atoms with Crippen molar-refractivity contribution in [3.8, 4) is 11.5 Å². The van der Waals surface area contributed by atoms with Crippen molar-refractivity contribution in [2.45, 2.75) is 13.5 Å². The van der Waals surface area contributed by atoms with Crippen LogP contribution >= 0.6 is 0 Å². The first-order chi connectivity index (χ1) is 16.0.